The summed E-state index contributed by atoms with van der Waals surface area (Å²) in [6.07, 6.45) is 0. The summed E-state index contributed by atoms with van der Waals surface area (Å²) < 4.78 is 14.3. The third kappa shape index (κ3) is 4.33. The first kappa shape index (κ1) is 21.1. The summed E-state index contributed by atoms with van der Waals surface area (Å²) in [5.74, 6) is 2.43. The Balaban J connectivity index is 1.72. The lowest BCUT2D eigenvalue weighted by atomic mass is 10.1. The predicted molar refractivity (Wildman–Crippen MR) is 140 cm³/mol. The van der Waals surface area contributed by atoms with E-state index in [-0.39, 0.29) is 16.9 Å². The van der Waals surface area contributed by atoms with Gasteiger partial charge in [-0.2, -0.15) is 0 Å². The van der Waals surface area contributed by atoms with Gasteiger partial charge in [0, 0.05) is 32.4 Å². The molecule has 1 saturated heterocycles. The fraction of sp³-hybridized carbons (Fsp3) is 0.190. The van der Waals surface area contributed by atoms with Crippen LogP contribution in [0.1, 0.15) is 10.4 Å². The molecule has 0 N–H and O–H groups in total. The molecule has 28 heavy (non-hydrogen) atoms. The Kier molecular flexibility index (Phi) is 7.06. The van der Waals surface area contributed by atoms with Crippen molar-refractivity contribution in [2.24, 2.45) is 0 Å². The van der Waals surface area contributed by atoms with Crippen molar-refractivity contribution >= 4 is 95.4 Å². The lowest BCUT2D eigenvalue weighted by molar-refractivity contribution is 0.0734. The van der Waals surface area contributed by atoms with E-state index < -0.39 is 0 Å². The van der Waals surface area contributed by atoms with Crippen LogP contribution in [0.3, 0.4) is 0 Å². The zero-order valence-electron chi connectivity index (χ0n) is 14.7. The number of carbonyl (C=O) groups excluding carboxylic acids is 1. The van der Waals surface area contributed by atoms with Gasteiger partial charge in [0.05, 0.1) is 18.8 Å². The average molecular weight is 729 g/mol. The molecule has 3 aromatic rings. The molecule has 1 fully saturated rings. The largest absolute Gasteiger partial charge is 0.422 e. The van der Waals surface area contributed by atoms with E-state index in [1.807, 2.05) is 36.4 Å². The maximum atomic E-state index is 13.0. The standard InChI is InChI=1S/C21H16I3O3S/c22-15-5-6-16(23)20(24)19(15)21(25)27-17-7-8-18(28-11-9-26-10-12-28)14-4-2-1-3-13(14)17/h1-8H,9-12H2/q+1. The SMILES string of the molecule is O=C(Oc1ccc([S+]2CCOCC2)c2ccccc12)c1c(I)ccc(I)c1I. The summed E-state index contributed by atoms with van der Waals surface area (Å²) in [4.78, 5) is 14.3. The summed E-state index contributed by atoms with van der Waals surface area (Å²) in [5.41, 5.74) is 0.632. The van der Waals surface area contributed by atoms with Crippen LogP contribution >= 0.6 is 67.8 Å². The molecule has 1 aliphatic rings. The minimum Gasteiger partial charge on any atom is -0.422 e. The molecule has 0 radical (unpaired) electrons. The van der Waals surface area contributed by atoms with Crippen molar-refractivity contribution in [1.29, 1.82) is 0 Å². The van der Waals surface area contributed by atoms with E-state index in [1.54, 1.807) is 0 Å². The lowest BCUT2D eigenvalue weighted by Crippen LogP contribution is -2.26. The molecule has 7 heteroatoms. The van der Waals surface area contributed by atoms with Gasteiger partial charge >= 0.3 is 5.97 Å². The molecule has 1 aliphatic heterocycles. The van der Waals surface area contributed by atoms with Crippen LogP contribution in [0.5, 0.6) is 5.75 Å². The number of benzene rings is 3. The fourth-order valence-corrected chi connectivity index (χ4v) is 7.55. The van der Waals surface area contributed by atoms with Gasteiger partial charge in [-0.3, -0.25) is 0 Å². The predicted octanol–water partition coefficient (Wildman–Crippen LogP) is 5.88. The number of carbonyl (C=O) groups is 1. The number of rotatable bonds is 3. The average Bonchev–Trinajstić information content (AvgIpc) is 2.72. The molecule has 0 amide bonds. The highest BCUT2D eigenvalue weighted by atomic mass is 127. The van der Waals surface area contributed by atoms with Crippen LogP contribution in [0, 0.1) is 10.7 Å². The van der Waals surface area contributed by atoms with Gasteiger partial charge in [-0.1, -0.05) is 18.2 Å². The second-order valence-corrected chi connectivity index (χ2v) is 11.9. The molecule has 144 valence electrons. The van der Waals surface area contributed by atoms with Crippen LogP contribution in [-0.2, 0) is 15.6 Å². The molecule has 0 saturated carbocycles. The third-order valence-corrected chi connectivity index (χ3v) is 10.8. The van der Waals surface area contributed by atoms with Crippen LogP contribution in [0.15, 0.2) is 53.4 Å². The maximum Gasteiger partial charge on any atom is 0.345 e. The van der Waals surface area contributed by atoms with Crippen molar-refractivity contribution in [3.8, 4) is 5.75 Å². The van der Waals surface area contributed by atoms with Crippen molar-refractivity contribution in [3.63, 3.8) is 0 Å². The lowest BCUT2D eigenvalue weighted by Gasteiger charge is -2.17. The van der Waals surface area contributed by atoms with Gasteiger partial charge in [-0.25, -0.2) is 4.79 Å². The quantitative estimate of drug-likeness (QED) is 0.111. The molecule has 0 bridgehead atoms. The fourth-order valence-electron chi connectivity index (χ4n) is 3.19. The summed E-state index contributed by atoms with van der Waals surface area (Å²) in [6.45, 7) is 1.63. The first-order valence-electron chi connectivity index (χ1n) is 8.69. The zero-order chi connectivity index (χ0) is 19.7. The highest BCUT2D eigenvalue weighted by Gasteiger charge is 2.28. The van der Waals surface area contributed by atoms with Crippen molar-refractivity contribution in [3.05, 3.63) is 64.8 Å². The molecule has 0 aromatic heterocycles. The van der Waals surface area contributed by atoms with Crippen molar-refractivity contribution < 1.29 is 14.3 Å². The summed E-state index contributed by atoms with van der Waals surface area (Å²) in [5, 5.41) is 2.16. The number of ether oxygens (including phenoxy) is 2. The highest BCUT2D eigenvalue weighted by Crippen LogP contribution is 2.34. The van der Waals surface area contributed by atoms with Crippen LogP contribution in [0.25, 0.3) is 10.8 Å². The minimum atomic E-state index is -0.307. The van der Waals surface area contributed by atoms with Crippen LogP contribution in [-0.4, -0.2) is 30.7 Å². The molecule has 1 heterocycles. The van der Waals surface area contributed by atoms with Crippen molar-refractivity contribution in [2.45, 2.75) is 4.90 Å². The Labute approximate surface area is 207 Å². The van der Waals surface area contributed by atoms with Gasteiger partial charge in [-0.15, -0.1) is 0 Å². The molecule has 0 unspecified atom stereocenters. The molecule has 0 aliphatic carbocycles. The molecule has 3 aromatic carbocycles. The van der Waals surface area contributed by atoms with E-state index in [0.717, 1.165) is 40.8 Å². The number of hydrogen-bond acceptors (Lipinski definition) is 3. The number of esters is 1. The van der Waals surface area contributed by atoms with E-state index >= 15 is 0 Å². The van der Waals surface area contributed by atoms with Crippen LogP contribution in [0.2, 0.25) is 0 Å². The van der Waals surface area contributed by atoms with E-state index in [9.17, 15) is 4.79 Å². The normalized spacial score (nSPS) is 15.0. The molecule has 0 spiro atoms. The smallest absolute Gasteiger partial charge is 0.345 e. The van der Waals surface area contributed by atoms with Gasteiger partial charge < -0.3 is 9.47 Å². The van der Waals surface area contributed by atoms with Crippen molar-refractivity contribution in [1.82, 2.24) is 0 Å². The monoisotopic (exact) mass is 729 g/mol. The van der Waals surface area contributed by atoms with Gasteiger partial charge in [0.15, 0.2) is 4.90 Å². The third-order valence-electron chi connectivity index (χ3n) is 4.55. The van der Waals surface area contributed by atoms with Crippen molar-refractivity contribution in [2.75, 3.05) is 24.7 Å². The van der Waals surface area contributed by atoms with Crippen LogP contribution in [0.4, 0.5) is 0 Å². The Hall–Kier alpha value is -0.110. The van der Waals surface area contributed by atoms with Gasteiger partial charge in [0.2, 0.25) is 0 Å². The second kappa shape index (κ2) is 9.36. The Morgan fingerprint density at radius 2 is 1.57 bits per heavy atom. The molecular formula is C21H16I3O3S+. The summed E-state index contributed by atoms with van der Waals surface area (Å²) in [6, 6.07) is 16.3. The van der Waals surface area contributed by atoms with E-state index in [0.29, 0.717) is 11.3 Å². The maximum absolute atomic E-state index is 13.0. The Morgan fingerprint density at radius 1 is 0.893 bits per heavy atom. The Morgan fingerprint density at radius 3 is 2.32 bits per heavy atom. The topological polar surface area (TPSA) is 35.5 Å². The zero-order valence-corrected chi connectivity index (χ0v) is 22.0. The van der Waals surface area contributed by atoms with E-state index in [4.69, 9.17) is 9.47 Å². The molecule has 0 atom stereocenters. The number of fused-ring (bicyclic) bond motifs is 1. The Bertz CT molecular complexity index is 1050. The summed E-state index contributed by atoms with van der Waals surface area (Å²) >= 11 is 6.66. The first-order valence-corrected chi connectivity index (χ1v) is 13.5. The van der Waals surface area contributed by atoms with Gasteiger partial charge in [-0.05, 0) is 98.1 Å². The second-order valence-electron chi connectivity index (χ2n) is 6.23. The van der Waals surface area contributed by atoms with E-state index in [2.05, 4.69) is 79.9 Å². The van der Waals surface area contributed by atoms with E-state index in [1.165, 1.54) is 10.3 Å². The number of halogens is 3. The van der Waals surface area contributed by atoms with Gasteiger partial charge in [0.25, 0.3) is 0 Å². The van der Waals surface area contributed by atoms with Gasteiger partial charge in [0.1, 0.15) is 17.3 Å². The molecule has 3 nitrogen and oxygen atoms in total. The number of hydrogen-bond donors (Lipinski definition) is 0. The highest BCUT2D eigenvalue weighted by molar-refractivity contribution is 14.1. The molecule has 4 rings (SSSR count). The molecular weight excluding hydrogens is 713 g/mol. The first-order chi connectivity index (χ1) is 13.6. The summed E-state index contributed by atoms with van der Waals surface area (Å²) in [7, 11) is 0.181. The van der Waals surface area contributed by atoms with Crippen LogP contribution < -0.4 is 4.74 Å². The minimum absolute atomic E-state index is 0.181.